The van der Waals surface area contributed by atoms with Crippen molar-refractivity contribution < 1.29 is 23.8 Å². The van der Waals surface area contributed by atoms with Gasteiger partial charge in [0.15, 0.2) is 0 Å². The number of fused-ring (bicyclic) bond motifs is 1. The third-order valence-corrected chi connectivity index (χ3v) is 4.11. The van der Waals surface area contributed by atoms with Crippen LogP contribution in [0.15, 0.2) is 30.3 Å². The SMILES string of the molecule is CC(C)(C)OC(=O)N[C@H]1[C@H]2O[C@H]2C[C@H]1C(=O)OCc1ccccc1. The molecule has 6 heteroatoms. The van der Waals surface area contributed by atoms with Crippen molar-refractivity contribution in [3.05, 3.63) is 35.9 Å². The van der Waals surface area contributed by atoms with Crippen molar-refractivity contribution in [3.8, 4) is 0 Å². The van der Waals surface area contributed by atoms with E-state index in [-0.39, 0.29) is 24.8 Å². The van der Waals surface area contributed by atoms with Gasteiger partial charge in [0.1, 0.15) is 18.3 Å². The zero-order chi connectivity index (χ0) is 17.3. The van der Waals surface area contributed by atoms with E-state index in [9.17, 15) is 9.59 Å². The zero-order valence-electron chi connectivity index (χ0n) is 14.2. The monoisotopic (exact) mass is 333 g/mol. The Balaban J connectivity index is 1.56. The van der Waals surface area contributed by atoms with Crippen LogP contribution in [0.3, 0.4) is 0 Å². The highest BCUT2D eigenvalue weighted by Crippen LogP contribution is 2.43. The first-order valence-corrected chi connectivity index (χ1v) is 8.19. The highest BCUT2D eigenvalue weighted by molar-refractivity contribution is 5.76. The minimum absolute atomic E-state index is 0.0270. The second-order valence-electron chi connectivity index (χ2n) is 7.25. The summed E-state index contributed by atoms with van der Waals surface area (Å²) in [6.45, 7) is 5.61. The molecule has 1 saturated carbocycles. The van der Waals surface area contributed by atoms with Crippen LogP contribution in [0, 0.1) is 5.92 Å². The lowest BCUT2D eigenvalue weighted by molar-refractivity contribution is -0.151. The summed E-state index contributed by atoms with van der Waals surface area (Å²) in [6, 6.07) is 9.11. The minimum atomic E-state index is -0.587. The molecule has 130 valence electrons. The molecule has 0 radical (unpaired) electrons. The zero-order valence-corrected chi connectivity index (χ0v) is 14.2. The number of benzene rings is 1. The Morgan fingerprint density at radius 3 is 2.62 bits per heavy atom. The first kappa shape index (κ1) is 16.8. The van der Waals surface area contributed by atoms with Crippen molar-refractivity contribution in [2.24, 2.45) is 5.92 Å². The van der Waals surface area contributed by atoms with Gasteiger partial charge in [0.05, 0.1) is 18.1 Å². The number of alkyl carbamates (subject to hydrolysis) is 1. The van der Waals surface area contributed by atoms with Gasteiger partial charge in [-0.15, -0.1) is 0 Å². The predicted octanol–water partition coefficient (Wildman–Crippen LogP) is 2.41. The van der Waals surface area contributed by atoms with E-state index < -0.39 is 23.7 Å². The fourth-order valence-electron chi connectivity index (χ4n) is 2.99. The van der Waals surface area contributed by atoms with E-state index in [0.29, 0.717) is 6.42 Å². The highest BCUT2D eigenvalue weighted by atomic mass is 16.6. The quantitative estimate of drug-likeness (QED) is 0.676. The number of carbonyl (C=O) groups is 2. The number of nitrogens with one attached hydrogen (secondary N) is 1. The van der Waals surface area contributed by atoms with E-state index in [1.807, 2.05) is 30.3 Å². The van der Waals surface area contributed by atoms with E-state index in [1.54, 1.807) is 20.8 Å². The maximum atomic E-state index is 12.4. The van der Waals surface area contributed by atoms with Crippen LogP contribution in [-0.4, -0.2) is 35.9 Å². The summed E-state index contributed by atoms with van der Waals surface area (Å²) in [5.41, 5.74) is 0.345. The highest BCUT2D eigenvalue weighted by Gasteiger charge is 2.59. The Bertz CT molecular complexity index is 610. The molecule has 1 aliphatic heterocycles. The van der Waals surface area contributed by atoms with Gasteiger partial charge < -0.3 is 19.5 Å². The molecule has 1 amide bonds. The van der Waals surface area contributed by atoms with Crippen LogP contribution in [0.5, 0.6) is 0 Å². The summed E-state index contributed by atoms with van der Waals surface area (Å²) in [7, 11) is 0. The fourth-order valence-corrected chi connectivity index (χ4v) is 2.99. The van der Waals surface area contributed by atoms with Gasteiger partial charge in [-0.3, -0.25) is 4.79 Å². The number of epoxide rings is 1. The van der Waals surface area contributed by atoms with Crippen molar-refractivity contribution in [1.82, 2.24) is 5.32 Å². The standard InChI is InChI=1S/C18H23NO5/c1-18(2,3)24-17(21)19-14-12(9-13-15(14)23-13)16(20)22-10-11-7-5-4-6-8-11/h4-8,12-15H,9-10H2,1-3H3,(H,19,21)/t12-,13+,14-,15+/m1/s1. The average molecular weight is 333 g/mol. The Morgan fingerprint density at radius 1 is 1.25 bits per heavy atom. The molecule has 1 heterocycles. The number of amides is 1. The van der Waals surface area contributed by atoms with Gasteiger partial charge in [-0.1, -0.05) is 30.3 Å². The van der Waals surface area contributed by atoms with E-state index in [0.717, 1.165) is 5.56 Å². The van der Waals surface area contributed by atoms with Crippen molar-refractivity contribution in [1.29, 1.82) is 0 Å². The first-order chi connectivity index (χ1) is 11.3. The van der Waals surface area contributed by atoms with Gasteiger partial charge in [-0.05, 0) is 32.8 Å². The number of carbonyl (C=O) groups excluding carboxylic acids is 2. The van der Waals surface area contributed by atoms with Crippen molar-refractivity contribution in [2.45, 2.75) is 57.6 Å². The summed E-state index contributed by atoms with van der Waals surface area (Å²) in [6.07, 6.45) is -0.0609. The lowest BCUT2D eigenvalue weighted by atomic mass is 10.0. The molecule has 3 rings (SSSR count). The van der Waals surface area contributed by atoms with E-state index in [4.69, 9.17) is 14.2 Å². The van der Waals surface area contributed by atoms with E-state index in [1.165, 1.54) is 0 Å². The minimum Gasteiger partial charge on any atom is -0.461 e. The van der Waals surface area contributed by atoms with Crippen LogP contribution in [0.2, 0.25) is 0 Å². The molecule has 0 bridgehead atoms. The number of hydrogen-bond donors (Lipinski definition) is 1. The number of esters is 1. The molecule has 1 saturated heterocycles. The molecular formula is C18H23NO5. The topological polar surface area (TPSA) is 77.2 Å². The van der Waals surface area contributed by atoms with Gasteiger partial charge in [0, 0.05) is 0 Å². The van der Waals surface area contributed by atoms with Gasteiger partial charge in [0.25, 0.3) is 0 Å². The number of ether oxygens (including phenoxy) is 3. The molecule has 2 aliphatic rings. The summed E-state index contributed by atoms with van der Waals surface area (Å²) >= 11 is 0. The maximum Gasteiger partial charge on any atom is 0.407 e. The second-order valence-corrected chi connectivity index (χ2v) is 7.25. The molecule has 4 atom stereocenters. The third kappa shape index (κ3) is 4.06. The van der Waals surface area contributed by atoms with Crippen LogP contribution in [0.4, 0.5) is 4.79 Å². The van der Waals surface area contributed by atoms with Crippen molar-refractivity contribution in [2.75, 3.05) is 0 Å². The van der Waals surface area contributed by atoms with Gasteiger partial charge >= 0.3 is 12.1 Å². The largest absolute Gasteiger partial charge is 0.461 e. The average Bonchev–Trinajstić information content (AvgIpc) is 3.19. The van der Waals surface area contributed by atoms with Crippen LogP contribution in [0.1, 0.15) is 32.8 Å². The molecule has 1 aliphatic carbocycles. The fraction of sp³-hybridized carbons (Fsp3) is 0.556. The first-order valence-electron chi connectivity index (χ1n) is 8.19. The lowest BCUT2D eigenvalue weighted by Crippen LogP contribution is -2.46. The third-order valence-electron chi connectivity index (χ3n) is 4.11. The Hall–Kier alpha value is -2.08. The van der Waals surface area contributed by atoms with E-state index in [2.05, 4.69) is 5.32 Å². The summed E-state index contributed by atoms with van der Waals surface area (Å²) in [4.78, 5) is 24.4. The Labute approximate surface area is 141 Å². The number of hydrogen-bond acceptors (Lipinski definition) is 5. The molecule has 0 aromatic heterocycles. The summed E-state index contributed by atoms with van der Waals surface area (Å²) < 4.78 is 16.1. The molecular weight excluding hydrogens is 310 g/mol. The maximum absolute atomic E-state index is 12.4. The second kappa shape index (κ2) is 6.43. The van der Waals surface area contributed by atoms with Crippen LogP contribution in [0.25, 0.3) is 0 Å². The molecule has 6 nitrogen and oxygen atoms in total. The van der Waals surface area contributed by atoms with Crippen LogP contribution in [-0.2, 0) is 25.6 Å². The van der Waals surface area contributed by atoms with Crippen molar-refractivity contribution >= 4 is 12.1 Å². The molecule has 24 heavy (non-hydrogen) atoms. The van der Waals surface area contributed by atoms with Gasteiger partial charge in [-0.2, -0.15) is 0 Å². The molecule has 2 fully saturated rings. The van der Waals surface area contributed by atoms with Gasteiger partial charge in [0.2, 0.25) is 0 Å². The normalized spacial score (nSPS) is 28.0. The molecule has 0 unspecified atom stereocenters. The molecule has 0 spiro atoms. The Kier molecular flexibility index (Phi) is 4.49. The van der Waals surface area contributed by atoms with Crippen molar-refractivity contribution in [3.63, 3.8) is 0 Å². The molecule has 1 aromatic rings. The Morgan fingerprint density at radius 2 is 1.96 bits per heavy atom. The molecule has 1 aromatic carbocycles. The van der Waals surface area contributed by atoms with Gasteiger partial charge in [-0.25, -0.2) is 4.79 Å². The van der Waals surface area contributed by atoms with Crippen LogP contribution >= 0.6 is 0 Å². The predicted molar refractivity (Wildman–Crippen MR) is 86.2 cm³/mol. The number of rotatable bonds is 4. The lowest BCUT2D eigenvalue weighted by Gasteiger charge is -2.25. The van der Waals surface area contributed by atoms with E-state index >= 15 is 0 Å². The smallest absolute Gasteiger partial charge is 0.407 e. The summed E-state index contributed by atoms with van der Waals surface area (Å²) in [5.74, 6) is -0.708. The van der Waals surface area contributed by atoms with Crippen LogP contribution < -0.4 is 5.32 Å². The molecule has 1 N–H and O–H groups in total. The summed E-state index contributed by atoms with van der Waals surface area (Å²) in [5, 5.41) is 2.77.